The fraction of sp³-hybridized carbons (Fsp3) is 0.875. The quantitative estimate of drug-likeness (QED) is 0.559. The molecule has 1 saturated heterocycles. The molecule has 0 aliphatic carbocycles. The Balaban J connectivity index is 4.01. The summed E-state index contributed by atoms with van der Waals surface area (Å²) in [5, 5.41) is 7.97. The maximum Gasteiger partial charge on any atom is 0.448 e. The van der Waals surface area contributed by atoms with Crippen LogP contribution >= 0.6 is 0 Å². The largest absolute Gasteiger partial charge is 0.478 e. The zero-order valence-corrected chi connectivity index (χ0v) is 10.6. The summed E-state index contributed by atoms with van der Waals surface area (Å²) in [6.07, 6.45) is -7.45. The SMILES string of the molecule is O=C(O)C(F)(N1C(F)(F)C(F)(F)C(F)(F)C(F)(F)C1(F)F)C(F)(F)F. The van der Waals surface area contributed by atoms with Crippen molar-refractivity contribution in [2.45, 2.75) is 41.8 Å². The van der Waals surface area contributed by atoms with Crippen LogP contribution < -0.4 is 0 Å². The molecular formula is C8HF14NO2. The fourth-order valence-electron chi connectivity index (χ4n) is 1.76. The molecule has 0 spiro atoms. The molecule has 0 aromatic rings. The zero-order valence-electron chi connectivity index (χ0n) is 10.6. The molecule has 3 nitrogen and oxygen atoms in total. The van der Waals surface area contributed by atoms with Gasteiger partial charge in [0.25, 0.3) is 0 Å². The number of hydrogen-bond acceptors (Lipinski definition) is 2. The van der Waals surface area contributed by atoms with Gasteiger partial charge in [-0.15, -0.1) is 4.90 Å². The fourth-order valence-corrected chi connectivity index (χ4v) is 1.76. The van der Waals surface area contributed by atoms with Crippen molar-refractivity contribution in [3.8, 4) is 0 Å². The number of carboxylic acid groups (broad SMARTS) is 1. The van der Waals surface area contributed by atoms with E-state index in [9.17, 15) is 66.3 Å². The number of halogens is 14. The van der Waals surface area contributed by atoms with E-state index in [0.29, 0.717) is 0 Å². The van der Waals surface area contributed by atoms with Gasteiger partial charge >= 0.3 is 47.8 Å². The minimum Gasteiger partial charge on any atom is -0.478 e. The van der Waals surface area contributed by atoms with Gasteiger partial charge in [-0.25, -0.2) is 9.18 Å². The maximum absolute atomic E-state index is 13.6. The monoisotopic (exact) mass is 409 g/mol. The third-order valence-electron chi connectivity index (χ3n) is 3.07. The molecule has 0 saturated carbocycles. The molecule has 1 N–H and O–H groups in total. The molecule has 1 atom stereocenters. The van der Waals surface area contributed by atoms with Crippen LogP contribution in [0.5, 0.6) is 0 Å². The molecule has 0 radical (unpaired) electrons. The van der Waals surface area contributed by atoms with Crippen LogP contribution in [0.2, 0.25) is 0 Å². The lowest BCUT2D eigenvalue weighted by atomic mass is 9.91. The summed E-state index contributed by atoms with van der Waals surface area (Å²) in [5.74, 6) is -34.8. The first kappa shape index (κ1) is 21.5. The number of piperidine rings is 1. The van der Waals surface area contributed by atoms with Gasteiger partial charge in [0.05, 0.1) is 0 Å². The summed E-state index contributed by atoms with van der Waals surface area (Å²) in [6, 6.07) is -15.4. The van der Waals surface area contributed by atoms with Crippen LogP contribution in [-0.4, -0.2) is 57.8 Å². The predicted octanol–water partition coefficient (Wildman–Crippen LogP) is 3.71. The molecule has 1 unspecified atom stereocenters. The average molecular weight is 409 g/mol. The minimum atomic E-state index is -7.73. The molecule has 148 valence electrons. The van der Waals surface area contributed by atoms with Crippen LogP contribution in [0, 0.1) is 0 Å². The zero-order chi connectivity index (χ0) is 20.7. The summed E-state index contributed by atoms with van der Waals surface area (Å²) in [5.41, 5.74) is 0. The summed E-state index contributed by atoms with van der Waals surface area (Å²) in [6.45, 7) is 0. The Morgan fingerprint density at radius 2 is 0.960 bits per heavy atom. The van der Waals surface area contributed by atoms with Gasteiger partial charge in [-0.05, 0) is 0 Å². The first-order valence-corrected chi connectivity index (χ1v) is 5.24. The van der Waals surface area contributed by atoms with Gasteiger partial charge in [0.1, 0.15) is 0 Å². The minimum absolute atomic E-state index is 4.10. The van der Waals surface area contributed by atoms with Crippen molar-refractivity contribution in [2.75, 3.05) is 0 Å². The highest BCUT2D eigenvalue weighted by Crippen LogP contribution is 2.67. The number of alkyl halides is 14. The number of aliphatic carboxylic acids is 1. The molecule has 1 heterocycles. The Hall–Kier alpha value is -1.55. The Kier molecular flexibility index (Phi) is 4.12. The summed E-state index contributed by atoms with van der Waals surface area (Å²) in [7, 11) is 0. The lowest BCUT2D eigenvalue weighted by molar-refractivity contribution is -0.534. The van der Waals surface area contributed by atoms with E-state index in [4.69, 9.17) is 5.11 Å². The van der Waals surface area contributed by atoms with E-state index in [1.807, 2.05) is 0 Å². The summed E-state index contributed by atoms with van der Waals surface area (Å²) >= 11 is 0. The van der Waals surface area contributed by atoms with Gasteiger partial charge in [0.2, 0.25) is 0 Å². The highest BCUT2D eigenvalue weighted by molar-refractivity contribution is 5.78. The molecule has 1 fully saturated rings. The van der Waals surface area contributed by atoms with Crippen molar-refractivity contribution >= 4 is 5.97 Å². The average Bonchev–Trinajstić information content (AvgIpc) is 2.34. The van der Waals surface area contributed by atoms with Crippen molar-refractivity contribution in [3.05, 3.63) is 0 Å². The van der Waals surface area contributed by atoms with Crippen LogP contribution in [0.4, 0.5) is 61.5 Å². The van der Waals surface area contributed by atoms with Crippen molar-refractivity contribution < 1.29 is 71.4 Å². The molecule has 1 rings (SSSR count). The lowest BCUT2D eigenvalue weighted by Gasteiger charge is -2.53. The smallest absolute Gasteiger partial charge is 0.448 e. The van der Waals surface area contributed by atoms with Crippen molar-refractivity contribution in [2.24, 2.45) is 0 Å². The van der Waals surface area contributed by atoms with Crippen LogP contribution in [-0.2, 0) is 4.79 Å². The molecule has 1 aliphatic heterocycles. The second-order valence-electron chi connectivity index (χ2n) is 4.57. The molecular weight excluding hydrogens is 408 g/mol. The molecule has 0 amide bonds. The lowest BCUT2D eigenvalue weighted by Crippen LogP contribution is -2.87. The van der Waals surface area contributed by atoms with Gasteiger partial charge in [0, 0.05) is 0 Å². The molecule has 17 heteroatoms. The number of carbonyl (C=O) groups is 1. The molecule has 0 aromatic heterocycles. The van der Waals surface area contributed by atoms with Gasteiger partial charge in [-0.3, -0.25) is 0 Å². The standard InChI is InChI=1S/C8HF14NO2/c9-2(1(24)25,6(16,17)18)23-7(19,20)4(12,13)3(10,11)5(14,15)8(23,21)22/h(H,24,25). The van der Waals surface area contributed by atoms with E-state index in [-0.39, 0.29) is 0 Å². The first-order chi connectivity index (χ1) is 10.6. The van der Waals surface area contributed by atoms with Crippen molar-refractivity contribution in [1.29, 1.82) is 0 Å². The van der Waals surface area contributed by atoms with Crippen molar-refractivity contribution in [3.63, 3.8) is 0 Å². The van der Waals surface area contributed by atoms with Crippen LogP contribution in [0.25, 0.3) is 0 Å². The third-order valence-corrected chi connectivity index (χ3v) is 3.07. The molecule has 0 bridgehead atoms. The van der Waals surface area contributed by atoms with Crippen molar-refractivity contribution in [1.82, 2.24) is 4.90 Å². The topological polar surface area (TPSA) is 40.5 Å². The Bertz CT molecular complexity index is 552. The Morgan fingerprint density at radius 3 is 1.16 bits per heavy atom. The number of hydrogen-bond donors (Lipinski definition) is 1. The van der Waals surface area contributed by atoms with Gasteiger partial charge in [-0.1, -0.05) is 0 Å². The predicted molar refractivity (Wildman–Crippen MR) is 44.1 cm³/mol. The van der Waals surface area contributed by atoms with Gasteiger partial charge < -0.3 is 5.11 Å². The van der Waals surface area contributed by atoms with Crippen LogP contribution in [0.3, 0.4) is 0 Å². The Morgan fingerprint density at radius 1 is 0.680 bits per heavy atom. The summed E-state index contributed by atoms with van der Waals surface area (Å²) < 4.78 is 181. The van der Waals surface area contributed by atoms with Gasteiger partial charge in [-0.2, -0.15) is 57.1 Å². The molecule has 1 aliphatic rings. The first-order valence-electron chi connectivity index (χ1n) is 5.24. The van der Waals surface area contributed by atoms with Crippen LogP contribution in [0.15, 0.2) is 0 Å². The highest BCUT2D eigenvalue weighted by atomic mass is 19.4. The second kappa shape index (κ2) is 4.79. The maximum atomic E-state index is 13.6. The van der Waals surface area contributed by atoms with E-state index in [1.165, 1.54) is 0 Å². The number of likely N-dealkylation sites (tertiary alicyclic amines) is 1. The van der Waals surface area contributed by atoms with Crippen LogP contribution in [0.1, 0.15) is 0 Å². The third kappa shape index (κ3) is 2.06. The van der Waals surface area contributed by atoms with E-state index >= 15 is 0 Å². The highest BCUT2D eigenvalue weighted by Gasteiger charge is 2.99. The number of carboxylic acids is 1. The molecule has 25 heavy (non-hydrogen) atoms. The Labute approximate surface area is 125 Å². The van der Waals surface area contributed by atoms with E-state index in [2.05, 4.69) is 0 Å². The van der Waals surface area contributed by atoms with E-state index in [0.717, 1.165) is 0 Å². The number of rotatable bonds is 2. The molecule has 0 aromatic carbocycles. The van der Waals surface area contributed by atoms with E-state index in [1.54, 1.807) is 0 Å². The normalized spacial score (nSPS) is 29.7. The van der Waals surface area contributed by atoms with Gasteiger partial charge in [0.15, 0.2) is 0 Å². The second-order valence-corrected chi connectivity index (χ2v) is 4.57. The number of nitrogens with zero attached hydrogens (tertiary/aromatic N) is 1. The van der Waals surface area contributed by atoms with E-state index < -0.39 is 52.7 Å². The summed E-state index contributed by atoms with van der Waals surface area (Å²) in [4.78, 5) is 6.14.